The van der Waals surface area contributed by atoms with E-state index in [1.807, 2.05) is 30.1 Å². The van der Waals surface area contributed by atoms with Gasteiger partial charge in [0.15, 0.2) is 11.5 Å². The van der Waals surface area contributed by atoms with Crippen LogP contribution in [-0.2, 0) is 9.59 Å². The van der Waals surface area contributed by atoms with Crippen molar-refractivity contribution in [3.8, 4) is 11.5 Å². The zero-order valence-electron chi connectivity index (χ0n) is 16.0. The number of carbonyl (C=O) groups excluding carboxylic acids is 2. The van der Waals surface area contributed by atoms with E-state index in [9.17, 15) is 9.59 Å². The smallest absolute Gasteiger partial charge is 0.239 e. The molecule has 1 aromatic rings. The van der Waals surface area contributed by atoms with Gasteiger partial charge in [0.25, 0.3) is 0 Å². The van der Waals surface area contributed by atoms with Gasteiger partial charge in [-0.25, -0.2) is 0 Å². The van der Waals surface area contributed by atoms with Crippen LogP contribution in [0.5, 0.6) is 11.5 Å². The van der Waals surface area contributed by atoms with Crippen molar-refractivity contribution in [3.63, 3.8) is 0 Å². The summed E-state index contributed by atoms with van der Waals surface area (Å²) >= 11 is 0. The molecule has 1 atom stereocenters. The van der Waals surface area contributed by atoms with Crippen LogP contribution >= 0.6 is 0 Å². The maximum Gasteiger partial charge on any atom is 0.239 e. The molecule has 0 aromatic heterocycles. The molecule has 2 saturated heterocycles. The van der Waals surface area contributed by atoms with Crippen LogP contribution in [0.3, 0.4) is 0 Å². The predicted octanol–water partition coefficient (Wildman–Crippen LogP) is 1.36. The lowest BCUT2D eigenvalue weighted by Crippen LogP contribution is -2.47. The van der Waals surface area contributed by atoms with E-state index in [2.05, 4.69) is 11.9 Å². The molecule has 4 rings (SSSR count). The molecule has 7 heteroatoms. The lowest BCUT2D eigenvalue weighted by atomic mass is 10.0. The van der Waals surface area contributed by atoms with Crippen LogP contribution < -0.4 is 14.4 Å². The molecule has 0 bridgehead atoms. The second-order valence-electron chi connectivity index (χ2n) is 7.64. The van der Waals surface area contributed by atoms with Gasteiger partial charge in [0.05, 0.1) is 0 Å². The van der Waals surface area contributed by atoms with Crippen LogP contribution in [0.4, 0.5) is 5.69 Å². The number of anilines is 1. The summed E-state index contributed by atoms with van der Waals surface area (Å²) in [6.45, 7) is 3.58. The highest BCUT2D eigenvalue weighted by atomic mass is 16.6. The van der Waals surface area contributed by atoms with Gasteiger partial charge in [-0.3, -0.25) is 9.59 Å². The number of benzene rings is 1. The lowest BCUT2D eigenvalue weighted by Gasteiger charge is -2.36. The molecule has 27 heavy (non-hydrogen) atoms. The molecule has 0 N–H and O–H groups in total. The Balaban J connectivity index is 1.44. The number of nitrogens with zero attached hydrogens (tertiary/aromatic N) is 3. The van der Waals surface area contributed by atoms with Crippen molar-refractivity contribution in [2.45, 2.75) is 25.3 Å². The number of rotatable bonds is 3. The van der Waals surface area contributed by atoms with Crippen LogP contribution in [-0.4, -0.2) is 74.6 Å². The second-order valence-corrected chi connectivity index (χ2v) is 7.64. The number of piperidine rings is 1. The Labute approximate surface area is 159 Å². The van der Waals surface area contributed by atoms with Crippen molar-refractivity contribution >= 4 is 17.5 Å². The van der Waals surface area contributed by atoms with Crippen molar-refractivity contribution in [2.75, 3.05) is 51.8 Å². The number of ether oxygens (including phenoxy) is 2. The minimum atomic E-state index is -0.581. The molecule has 3 aliphatic rings. The Morgan fingerprint density at radius 2 is 1.78 bits per heavy atom. The number of fused-ring (bicyclic) bond motifs is 1. The monoisotopic (exact) mass is 373 g/mol. The van der Waals surface area contributed by atoms with Gasteiger partial charge in [0, 0.05) is 31.4 Å². The van der Waals surface area contributed by atoms with Crippen molar-refractivity contribution in [3.05, 3.63) is 18.2 Å². The van der Waals surface area contributed by atoms with Crippen molar-refractivity contribution in [2.24, 2.45) is 5.92 Å². The fraction of sp³-hybridized carbons (Fsp3) is 0.600. The number of likely N-dealkylation sites (tertiary alicyclic amines) is 1. The third kappa shape index (κ3) is 3.48. The molecule has 0 radical (unpaired) electrons. The summed E-state index contributed by atoms with van der Waals surface area (Å²) < 4.78 is 11.2. The van der Waals surface area contributed by atoms with Gasteiger partial charge in [-0.05, 0) is 51.5 Å². The fourth-order valence-electron chi connectivity index (χ4n) is 4.17. The zero-order valence-corrected chi connectivity index (χ0v) is 16.0. The van der Waals surface area contributed by atoms with E-state index in [1.54, 1.807) is 4.90 Å². The van der Waals surface area contributed by atoms with Gasteiger partial charge in [-0.2, -0.15) is 0 Å². The summed E-state index contributed by atoms with van der Waals surface area (Å²) in [7, 11) is 3.95. The van der Waals surface area contributed by atoms with Gasteiger partial charge in [-0.1, -0.05) is 0 Å². The van der Waals surface area contributed by atoms with Crippen molar-refractivity contribution in [1.82, 2.24) is 9.80 Å². The Hall–Kier alpha value is -2.28. The highest BCUT2D eigenvalue weighted by molar-refractivity contribution is 6.09. The first-order valence-electron chi connectivity index (χ1n) is 9.71. The molecule has 0 aliphatic carbocycles. The first-order chi connectivity index (χ1) is 13.0. The summed E-state index contributed by atoms with van der Waals surface area (Å²) in [6.07, 6.45) is 2.49. The quantitative estimate of drug-likeness (QED) is 0.749. The van der Waals surface area contributed by atoms with E-state index in [4.69, 9.17) is 9.47 Å². The van der Waals surface area contributed by atoms with Crippen LogP contribution in [0.2, 0.25) is 0 Å². The molecule has 0 spiro atoms. The minimum Gasteiger partial charge on any atom is -0.486 e. The number of amides is 2. The highest BCUT2D eigenvalue weighted by Gasteiger charge is 2.40. The molecular formula is C20H27N3O4. The molecule has 0 saturated carbocycles. The Morgan fingerprint density at radius 1 is 1.07 bits per heavy atom. The SMILES string of the molecule is CN1CCC(N(C)C(=O)C2CCN(c3ccc4c(c3)OCCO4)C2=O)CC1. The number of carbonyl (C=O) groups is 2. The van der Waals surface area contributed by atoms with Crippen LogP contribution in [0.1, 0.15) is 19.3 Å². The Kier molecular flexibility index (Phi) is 4.95. The topological polar surface area (TPSA) is 62.3 Å². The average molecular weight is 373 g/mol. The Bertz CT molecular complexity index is 730. The maximum atomic E-state index is 13.0. The van der Waals surface area contributed by atoms with E-state index >= 15 is 0 Å². The molecule has 3 aliphatic heterocycles. The molecule has 7 nitrogen and oxygen atoms in total. The first kappa shape index (κ1) is 18.1. The minimum absolute atomic E-state index is 0.0467. The van der Waals surface area contributed by atoms with Gasteiger partial charge >= 0.3 is 0 Å². The average Bonchev–Trinajstić information content (AvgIpc) is 3.08. The summed E-state index contributed by atoms with van der Waals surface area (Å²) in [4.78, 5) is 31.7. The van der Waals surface area contributed by atoms with E-state index in [0.717, 1.165) is 31.6 Å². The molecule has 1 unspecified atom stereocenters. The van der Waals surface area contributed by atoms with Gasteiger partial charge < -0.3 is 24.2 Å². The third-order valence-electron chi connectivity index (χ3n) is 5.92. The molecule has 2 fully saturated rings. The summed E-state index contributed by atoms with van der Waals surface area (Å²) in [5, 5.41) is 0. The van der Waals surface area contributed by atoms with Crippen molar-refractivity contribution < 1.29 is 19.1 Å². The number of hydrogen-bond donors (Lipinski definition) is 0. The van der Waals surface area contributed by atoms with Crippen LogP contribution in [0.25, 0.3) is 0 Å². The summed E-state index contributed by atoms with van der Waals surface area (Å²) in [5.41, 5.74) is 0.765. The largest absolute Gasteiger partial charge is 0.486 e. The summed E-state index contributed by atoms with van der Waals surface area (Å²) in [5.74, 6) is 0.616. The normalized spacial score (nSPS) is 23.6. The lowest BCUT2D eigenvalue weighted by molar-refractivity contribution is -0.141. The Morgan fingerprint density at radius 3 is 2.52 bits per heavy atom. The highest BCUT2D eigenvalue weighted by Crippen LogP contribution is 2.36. The zero-order chi connectivity index (χ0) is 19.0. The third-order valence-corrected chi connectivity index (χ3v) is 5.92. The van der Waals surface area contributed by atoms with Gasteiger partial charge in [0.1, 0.15) is 19.1 Å². The molecule has 146 valence electrons. The van der Waals surface area contributed by atoms with E-state index in [1.165, 1.54) is 0 Å². The first-order valence-corrected chi connectivity index (χ1v) is 9.71. The standard InChI is InChI=1S/C20H27N3O4/c1-21-8-5-14(6-9-21)22(2)19(24)16-7-10-23(20(16)25)15-3-4-17-18(13-15)27-12-11-26-17/h3-4,13-14,16H,5-12H2,1-2H3. The fourth-order valence-corrected chi connectivity index (χ4v) is 4.17. The molecule has 3 heterocycles. The molecule has 1 aromatic carbocycles. The van der Waals surface area contributed by atoms with E-state index in [0.29, 0.717) is 37.7 Å². The van der Waals surface area contributed by atoms with Gasteiger partial charge in [-0.15, -0.1) is 0 Å². The maximum absolute atomic E-state index is 13.0. The van der Waals surface area contributed by atoms with Crippen LogP contribution in [0.15, 0.2) is 18.2 Å². The molecule has 2 amide bonds. The van der Waals surface area contributed by atoms with Gasteiger partial charge in [0.2, 0.25) is 11.8 Å². The van der Waals surface area contributed by atoms with Crippen LogP contribution in [0, 0.1) is 5.92 Å². The summed E-state index contributed by atoms with van der Waals surface area (Å²) in [6, 6.07) is 5.75. The van der Waals surface area contributed by atoms with E-state index < -0.39 is 5.92 Å². The molecular weight excluding hydrogens is 346 g/mol. The van der Waals surface area contributed by atoms with Crippen molar-refractivity contribution in [1.29, 1.82) is 0 Å². The van der Waals surface area contributed by atoms with E-state index in [-0.39, 0.29) is 17.9 Å². The second kappa shape index (κ2) is 7.38. The predicted molar refractivity (Wildman–Crippen MR) is 101 cm³/mol. The number of hydrogen-bond acceptors (Lipinski definition) is 5.